The van der Waals surface area contributed by atoms with Gasteiger partial charge in [-0.25, -0.2) is 9.78 Å². The fourth-order valence-corrected chi connectivity index (χ4v) is 5.31. The average Bonchev–Trinajstić information content (AvgIpc) is 3.29. The molecule has 1 saturated heterocycles. The molecule has 1 aromatic heterocycles. The van der Waals surface area contributed by atoms with Crippen LogP contribution in [0.1, 0.15) is 51.1 Å². The molecule has 3 rings (SSSR count). The summed E-state index contributed by atoms with van der Waals surface area (Å²) in [5, 5.41) is 19.7. The van der Waals surface area contributed by atoms with E-state index in [4.69, 9.17) is 9.94 Å². The molecule has 0 radical (unpaired) electrons. The van der Waals surface area contributed by atoms with Crippen LogP contribution in [0, 0.1) is 0 Å². The summed E-state index contributed by atoms with van der Waals surface area (Å²) in [6, 6.07) is -0.820. The van der Waals surface area contributed by atoms with Crippen LogP contribution in [0.4, 0.5) is 5.13 Å². The van der Waals surface area contributed by atoms with Crippen LogP contribution in [0.25, 0.3) is 0 Å². The number of β-lactam (4-membered cyclic amide) rings is 1. The lowest BCUT2D eigenvalue weighted by Crippen LogP contribution is -2.69. The number of oxime groups is 1. The molecule has 0 spiro atoms. The molecule has 13 heteroatoms. The topological polar surface area (TPSA) is 150 Å². The number of aromatic nitrogens is 1. The maximum atomic E-state index is 13.0. The Morgan fingerprint density at radius 1 is 1.32 bits per heavy atom. The number of rotatable bonds is 14. The SMILES string of the molecule is CCCCCCCCON=C(C(=O)NC1C(=O)N2C=C(C(=O)O)CS[C@H]12)c1csc(NC=O)n1. The van der Waals surface area contributed by atoms with E-state index in [0.717, 1.165) is 30.6 Å². The molecule has 1 aromatic rings. The number of hydrogen-bond donors (Lipinski definition) is 3. The van der Waals surface area contributed by atoms with Gasteiger partial charge in [0.1, 0.15) is 23.7 Å². The van der Waals surface area contributed by atoms with Crippen LogP contribution >= 0.6 is 23.1 Å². The number of anilines is 1. The predicted octanol–water partition coefficient (Wildman–Crippen LogP) is 2.16. The highest BCUT2D eigenvalue weighted by molar-refractivity contribution is 8.00. The highest BCUT2D eigenvalue weighted by Gasteiger charge is 2.50. The van der Waals surface area contributed by atoms with Gasteiger partial charge in [0.15, 0.2) is 10.8 Å². The fraction of sp³-hybridized carbons (Fsp3) is 0.524. The number of thioether (sulfide) groups is 1. The highest BCUT2D eigenvalue weighted by atomic mass is 32.2. The second-order valence-electron chi connectivity index (χ2n) is 7.70. The molecular weight excluding hydrogens is 482 g/mol. The first kappa shape index (κ1) is 25.7. The molecule has 2 atom stereocenters. The van der Waals surface area contributed by atoms with Gasteiger partial charge >= 0.3 is 5.97 Å². The van der Waals surface area contributed by atoms with E-state index in [2.05, 4.69) is 27.7 Å². The number of thiazole rings is 1. The summed E-state index contributed by atoms with van der Waals surface area (Å²) >= 11 is 2.38. The van der Waals surface area contributed by atoms with E-state index in [1.54, 1.807) is 5.38 Å². The second-order valence-corrected chi connectivity index (χ2v) is 9.66. The molecule has 0 aliphatic carbocycles. The van der Waals surface area contributed by atoms with E-state index in [1.165, 1.54) is 42.1 Å². The van der Waals surface area contributed by atoms with Crippen LogP contribution in [0.5, 0.6) is 0 Å². The molecule has 0 saturated carbocycles. The van der Waals surface area contributed by atoms with Gasteiger partial charge in [0.05, 0.1) is 5.57 Å². The summed E-state index contributed by atoms with van der Waals surface area (Å²) in [5.41, 5.74) is 0.236. The van der Waals surface area contributed by atoms with Crippen molar-refractivity contribution in [2.45, 2.75) is 56.9 Å². The number of unbranched alkanes of at least 4 members (excludes halogenated alkanes) is 5. The van der Waals surface area contributed by atoms with E-state index >= 15 is 0 Å². The summed E-state index contributed by atoms with van der Waals surface area (Å²) in [6.07, 6.45) is 8.24. The molecule has 3 N–H and O–H groups in total. The Kier molecular flexibility index (Phi) is 9.45. The van der Waals surface area contributed by atoms with E-state index in [9.17, 15) is 19.2 Å². The third-order valence-corrected chi connectivity index (χ3v) is 7.33. The summed E-state index contributed by atoms with van der Waals surface area (Å²) < 4.78 is 0. The van der Waals surface area contributed by atoms with Crippen molar-refractivity contribution < 1.29 is 29.1 Å². The minimum atomic E-state index is -1.08. The largest absolute Gasteiger partial charge is 0.478 e. The third kappa shape index (κ3) is 6.35. The van der Waals surface area contributed by atoms with Crippen LogP contribution in [0.15, 0.2) is 22.3 Å². The first-order chi connectivity index (χ1) is 16.5. The van der Waals surface area contributed by atoms with Gasteiger partial charge in [-0.05, 0) is 12.8 Å². The van der Waals surface area contributed by atoms with Gasteiger partial charge in [0, 0.05) is 17.3 Å². The van der Waals surface area contributed by atoms with Crippen molar-refractivity contribution in [3.8, 4) is 0 Å². The van der Waals surface area contributed by atoms with Crippen molar-refractivity contribution in [3.05, 3.63) is 22.8 Å². The van der Waals surface area contributed by atoms with Gasteiger partial charge in [-0.3, -0.25) is 14.4 Å². The van der Waals surface area contributed by atoms with Gasteiger partial charge in [0.2, 0.25) is 6.41 Å². The van der Waals surface area contributed by atoms with Crippen molar-refractivity contribution in [2.24, 2.45) is 5.16 Å². The Morgan fingerprint density at radius 3 is 2.82 bits per heavy atom. The molecule has 2 aliphatic heterocycles. The zero-order chi connectivity index (χ0) is 24.5. The lowest BCUT2D eigenvalue weighted by Gasteiger charge is -2.46. The second kappa shape index (κ2) is 12.5. The standard InChI is InChI=1S/C21H27N5O6S2/c1-2-3-4-5-6-7-8-32-25-15(14-11-34-21(23-14)22-12-27)17(28)24-16-18(29)26-9-13(20(30)31)10-33-19(16)26/h9,11-12,16,19H,2-8,10H2,1H3,(H,24,28)(H,30,31)(H,22,23,27)/t16?,19-/m1/s1. The van der Waals surface area contributed by atoms with E-state index in [0.29, 0.717) is 18.1 Å². The highest BCUT2D eigenvalue weighted by Crippen LogP contribution is 2.36. The number of amides is 3. The maximum Gasteiger partial charge on any atom is 0.333 e. The van der Waals surface area contributed by atoms with Gasteiger partial charge in [-0.1, -0.05) is 37.8 Å². The predicted molar refractivity (Wildman–Crippen MR) is 128 cm³/mol. The van der Waals surface area contributed by atoms with Crippen molar-refractivity contribution in [3.63, 3.8) is 0 Å². The first-order valence-electron chi connectivity index (χ1n) is 11.0. The monoisotopic (exact) mass is 509 g/mol. The molecule has 1 fully saturated rings. The number of carbonyl (C=O) groups is 4. The normalized spacial score (nSPS) is 19.6. The summed E-state index contributed by atoms with van der Waals surface area (Å²) in [6.45, 7) is 2.49. The molecule has 184 valence electrons. The Labute approximate surface area is 205 Å². The number of carbonyl (C=O) groups excluding carboxylic acids is 3. The van der Waals surface area contributed by atoms with Gasteiger partial charge < -0.3 is 25.5 Å². The van der Waals surface area contributed by atoms with E-state index in [1.807, 2.05) is 0 Å². The van der Waals surface area contributed by atoms with Crippen molar-refractivity contribution in [1.82, 2.24) is 15.2 Å². The Bertz CT molecular complexity index is 979. The lowest BCUT2D eigenvalue weighted by atomic mass is 10.1. The molecule has 3 heterocycles. The van der Waals surface area contributed by atoms with Crippen LogP contribution in [0.3, 0.4) is 0 Å². The Balaban J connectivity index is 1.63. The maximum absolute atomic E-state index is 13.0. The first-order valence-corrected chi connectivity index (χ1v) is 12.9. The molecule has 0 aromatic carbocycles. The number of carboxylic acids is 1. The number of nitrogens with zero attached hydrogens (tertiary/aromatic N) is 3. The summed E-state index contributed by atoms with van der Waals surface area (Å²) in [7, 11) is 0. The van der Waals surface area contributed by atoms with Crippen molar-refractivity contribution >= 4 is 58.1 Å². The smallest absolute Gasteiger partial charge is 0.333 e. The Morgan fingerprint density at radius 2 is 2.09 bits per heavy atom. The molecule has 34 heavy (non-hydrogen) atoms. The number of nitrogens with one attached hydrogen (secondary N) is 2. The van der Waals surface area contributed by atoms with Crippen LogP contribution in [-0.4, -0.2) is 68.7 Å². The van der Waals surface area contributed by atoms with Gasteiger partial charge in [0.25, 0.3) is 11.8 Å². The zero-order valence-electron chi connectivity index (χ0n) is 18.7. The molecule has 3 amide bonds. The molecule has 0 bridgehead atoms. The van der Waals surface area contributed by atoms with Crippen LogP contribution in [-0.2, 0) is 24.0 Å². The minimum absolute atomic E-state index is 0.102. The zero-order valence-corrected chi connectivity index (χ0v) is 20.3. The third-order valence-electron chi connectivity index (χ3n) is 5.23. The molecular formula is C21H27N5O6S2. The molecule has 1 unspecified atom stereocenters. The minimum Gasteiger partial charge on any atom is -0.478 e. The number of carboxylic acid groups (broad SMARTS) is 1. The number of hydrogen-bond acceptors (Lipinski definition) is 9. The Hall–Kier alpha value is -2.93. The number of aliphatic carboxylic acids is 1. The molecule has 2 aliphatic rings. The van der Waals surface area contributed by atoms with E-state index in [-0.39, 0.29) is 22.7 Å². The summed E-state index contributed by atoms with van der Waals surface area (Å²) in [4.78, 5) is 58.2. The summed E-state index contributed by atoms with van der Waals surface area (Å²) in [5.74, 6) is -1.90. The number of fused-ring (bicyclic) bond motifs is 1. The lowest BCUT2D eigenvalue weighted by molar-refractivity contribution is -0.144. The quantitative estimate of drug-likeness (QED) is 0.113. The van der Waals surface area contributed by atoms with Crippen LogP contribution < -0.4 is 10.6 Å². The van der Waals surface area contributed by atoms with E-state index < -0.39 is 29.2 Å². The average molecular weight is 510 g/mol. The van der Waals surface area contributed by atoms with Crippen molar-refractivity contribution in [1.29, 1.82) is 0 Å². The fourth-order valence-electron chi connectivity index (χ4n) is 3.40. The van der Waals surface area contributed by atoms with Gasteiger partial charge in [-0.2, -0.15) is 0 Å². The molecule has 11 nitrogen and oxygen atoms in total. The van der Waals surface area contributed by atoms with Crippen LogP contribution in [0.2, 0.25) is 0 Å². The van der Waals surface area contributed by atoms with Crippen molar-refractivity contribution in [2.75, 3.05) is 17.7 Å². The van der Waals surface area contributed by atoms with Gasteiger partial charge in [-0.15, -0.1) is 23.1 Å².